The Balaban J connectivity index is 1.29. The Labute approximate surface area is 178 Å². The van der Waals surface area contributed by atoms with Crippen molar-refractivity contribution in [3.63, 3.8) is 0 Å². The fourth-order valence-electron chi connectivity index (χ4n) is 3.29. The van der Waals surface area contributed by atoms with Gasteiger partial charge in [-0.25, -0.2) is 4.98 Å². The van der Waals surface area contributed by atoms with E-state index in [0.717, 1.165) is 28.0 Å². The molecule has 0 bridgehead atoms. The molecule has 1 N–H and O–H groups in total. The molecule has 0 aliphatic rings. The summed E-state index contributed by atoms with van der Waals surface area (Å²) in [7, 11) is 0. The summed E-state index contributed by atoms with van der Waals surface area (Å²) in [5.74, 6) is 0.252. The first-order valence-corrected chi connectivity index (χ1v) is 9.83. The fourth-order valence-corrected chi connectivity index (χ4v) is 3.29. The minimum atomic E-state index is -0.236. The Bertz CT molecular complexity index is 1340. The number of hydrogen-bond donors (Lipinski definition) is 1. The van der Waals surface area contributed by atoms with Crippen LogP contribution in [0.4, 0.5) is 5.69 Å². The minimum absolute atomic E-state index is 0.0303. The first-order chi connectivity index (χ1) is 15.1. The molecule has 152 valence electrons. The van der Waals surface area contributed by atoms with Crippen molar-refractivity contribution >= 4 is 17.2 Å². The number of carbonyl (C=O) groups excluding carboxylic acids is 1. The van der Waals surface area contributed by atoms with Gasteiger partial charge in [0.1, 0.15) is 12.2 Å². The van der Waals surface area contributed by atoms with Gasteiger partial charge in [0.15, 0.2) is 0 Å². The monoisotopic (exact) mass is 409 g/mol. The SMILES string of the molecule is Cc1ccc(-c2nnn(CC(=O)Nc3cccc(-c4cn5ccccc5n4)c3)n2)cc1. The standard InChI is InChI=1S/C23H19N7O/c1-16-8-10-17(11-9-16)23-26-28-30(27-23)15-22(31)24-19-6-4-5-18(13-19)20-14-29-12-3-2-7-21(29)25-20/h2-14H,15H2,1H3,(H,24,31). The summed E-state index contributed by atoms with van der Waals surface area (Å²) in [5, 5.41) is 15.2. The third-order valence-electron chi connectivity index (χ3n) is 4.85. The molecule has 0 saturated heterocycles. The second-order valence-electron chi connectivity index (χ2n) is 7.23. The number of aromatic nitrogens is 6. The van der Waals surface area contributed by atoms with E-state index < -0.39 is 0 Å². The van der Waals surface area contributed by atoms with Crippen molar-refractivity contribution in [3.05, 3.63) is 84.7 Å². The average Bonchev–Trinajstić information content (AvgIpc) is 3.41. The number of amides is 1. The lowest BCUT2D eigenvalue weighted by Crippen LogP contribution is -2.20. The summed E-state index contributed by atoms with van der Waals surface area (Å²) < 4.78 is 1.96. The van der Waals surface area contributed by atoms with Gasteiger partial charge < -0.3 is 9.72 Å². The maximum Gasteiger partial charge on any atom is 0.248 e. The summed E-state index contributed by atoms with van der Waals surface area (Å²) >= 11 is 0. The molecular formula is C23H19N7O. The number of tetrazole rings is 1. The van der Waals surface area contributed by atoms with Crippen molar-refractivity contribution < 1.29 is 4.79 Å². The molecule has 1 amide bonds. The molecule has 8 heteroatoms. The topological polar surface area (TPSA) is 90.0 Å². The van der Waals surface area contributed by atoms with Crippen LogP contribution in [-0.2, 0) is 11.3 Å². The summed E-state index contributed by atoms with van der Waals surface area (Å²) in [4.78, 5) is 18.4. The Hall–Kier alpha value is -4.33. The number of carbonyl (C=O) groups is 1. The third-order valence-corrected chi connectivity index (χ3v) is 4.85. The van der Waals surface area contributed by atoms with Gasteiger partial charge in [-0.15, -0.1) is 10.2 Å². The average molecular weight is 409 g/mol. The Kier molecular flexibility index (Phi) is 4.72. The molecule has 0 aliphatic heterocycles. The van der Waals surface area contributed by atoms with Gasteiger partial charge in [-0.05, 0) is 36.4 Å². The van der Waals surface area contributed by atoms with Gasteiger partial charge >= 0.3 is 0 Å². The first kappa shape index (κ1) is 18.7. The Morgan fingerprint density at radius 3 is 2.71 bits per heavy atom. The van der Waals surface area contributed by atoms with E-state index in [4.69, 9.17) is 0 Å². The zero-order valence-electron chi connectivity index (χ0n) is 16.8. The molecule has 2 aromatic carbocycles. The second kappa shape index (κ2) is 7.83. The van der Waals surface area contributed by atoms with Crippen LogP contribution in [0.25, 0.3) is 28.3 Å². The second-order valence-corrected chi connectivity index (χ2v) is 7.23. The van der Waals surface area contributed by atoms with Crippen molar-refractivity contribution in [1.29, 1.82) is 0 Å². The molecule has 8 nitrogen and oxygen atoms in total. The van der Waals surface area contributed by atoms with E-state index in [2.05, 4.69) is 25.7 Å². The summed E-state index contributed by atoms with van der Waals surface area (Å²) in [6, 6.07) is 21.3. The molecular weight excluding hydrogens is 390 g/mol. The van der Waals surface area contributed by atoms with Crippen LogP contribution >= 0.6 is 0 Å². The van der Waals surface area contributed by atoms with E-state index in [0.29, 0.717) is 11.5 Å². The van der Waals surface area contributed by atoms with Crippen molar-refractivity contribution in [1.82, 2.24) is 29.6 Å². The molecule has 3 heterocycles. The lowest BCUT2D eigenvalue weighted by molar-refractivity contribution is -0.117. The van der Waals surface area contributed by atoms with Gasteiger partial charge in [-0.2, -0.15) is 4.80 Å². The number of nitrogens with zero attached hydrogens (tertiary/aromatic N) is 6. The van der Waals surface area contributed by atoms with Crippen molar-refractivity contribution in [3.8, 4) is 22.6 Å². The molecule has 3 aromatic heterocycles. The molecule has 0 atom stereocenters. The van der Waals surface area contributed by atoms with Gasteiger partial charge in [0.2, 0.25) is 11.7 Å². The van der Waals surface area contributed by atoms with E-state index in [1.165, 1.54) is 4.80 Å². The fraction of sp³-hybridized carbons (Fsp3) is 0.0870. The van der Waals surface area contributed by atoms with Crippen LogP contribution in [0.2, 0.25) is 0 Å². The molecule has 5 aromatic rings. The van der Waals surface area contributed by atoms with E-state index in [9.17, 15) is 4.79 Å². The number of hydrogen-bond acceptors (Lipinski definition) is 5. The molecule has 0 spiro atoms. The van der Waals surface area contributed by atoms with Gasteiger partial charge in [-0.3, -0.25) is 4.79 Å². The molecule has 0 radical (unpaired) electrons. The lowest BCUT2D eigenvalue weighted by atomic mass is 10.1. The summed E-state index contributed by atoms with van der Waals surface area (Å²) in [6.07, 6.45) is 3.91. The molecule has 0 unspecified atom stereocenters. The van der Waals surface area contributed by atoms with E-state index in [1.807, 2.05) is 90.4 Å². The minimum Gasteiger partial charge on any atom is -0.324 e. The van der Waals surface area contributed by atoms with Crippen LogP contribution in [0.15, 0.2) is 79.1 Å². The Morgan fingerprint density at radius 2 is 1.87 bits per heavy atom. The van der Waals surface area contributed by atoms with Gasteiger partial charge in [0.25, 0.3) is 0 Å². The van der Waals surface area contributed by atoms with Gasteiger partial charge in [0, 0.05) is 29.2 Å². The summed E-state index contributed by atoms with van der Waals surface area (Å²) in [6.45, 7) is 1.99. The zero-order chi connectivity index (χ0) is 21.2. The highest BCUT2D eigenvalue weighted by Gasteiger charge is 2.11. The number of pyridine rings is 1. The number of benzene rings is 2. The lowest BCUT2D eigenvalue weighted by Gasteiger charge is -2.06. The van der Waals surface area contributed by atoms with Crippen LogP contribution in [0.3, 0.4) is 0 Å². The largest absolute Gasteiger partial charge is 0.324 e. The van der Waals surface area contributed by atoms with Crippen molar-refractivity contribution in [2.75, 3.05) is 5.32 Å². The number of anilines is 1. The van der Waals surface area contributed by atoms with Crippen molar-refractivity contribution in [2.45, 2.75) is 13.5 Å². The van der Waals surface area contributed by atoms with Crippen LogP contribution in [0.5, 0.6) is 0 Å². The predicted octanol–water partition coefficient (Wildman–Crippen LogP) is 3.60. The van der Waals surface area contributed by atoms with Gasteiger partial charge in [0.05, 0.1) is 5.69 Å². The van der Waals surface area contributed by atoms with Crippen LogP contribution in [-0.4, -0.2) is 35.5 Å². The zero-order valence-corrected chi connectivity index (χ0v) is 16.8. The number of imidazole rings is 1. The van der Waals surface area contributed by atoms with Crippen molar-refractivity contribution in [2.24, 2.45) is 0 Å². The molecule has 31 heavy (non-hydrogen) atoms. The quantitative estimate of drug-likeness (QED) is 0.479. The smallest absolute Gasteiger partial charge is 0.248 e. The Morgan fingerprint density at radius 1 is 1.00 bits per heavy atom. The highest BCUT2D eigenvalue weighted by Crippen LogP contribution is 2.22. The maximum atomic E-state index is 12.5. The normalized spacial score (nSPS) is 11.0. The number of fused-ring (bicyclic) bond motifs is 1. The molecule has 0 saturated carbocycles. The maximum absolute atomic E-state index is 12.5. The van der Waals surface area contributed by atoms with E-state index >= 15 is 0 Å². The predicted molar refractivity (Wildman–Crippen MR) is 117 cm³/mol. The third kappa shape index (κ3) is 4.04. The molecule has 5 rings (SSSR count). The number of aryl methyl sites for hydroxylation is 1. The van der Waals surface area contributed by atoms with E-state index in [1.54, 1.807) is 0 Å². The summed E-state index contributed by atoms with van der Waals surface area (Å²) in [5.41, 5.74) is 5.32. The number of rotatable bonds is 5. The van der Waals surface area contributed by atoms with Crippen LogP contribution < -0.4 is 5.32 Å². The van der Waals surface area contributed by atoms with Crippen LogP contribution in [0, 0.1) is 6.92 Å². The van der Waals surface area contributed by atoms with Gasteiger partial charge in [-0.1, -0.05) is 48.0 Å². The van der Waals surface area contributed by atoms with Crippen LogP contribution in [0.1, 0.15) is 5.56 Å². The number of nitrogens with one attached hydrogen (secondary N) is 1. The molecule has 0 fully saturated rings. The molecule has 0 aliphatic carbocycles. The first-order valence-electron chi connectivity index (χ1n) is 9.83. The van der Waals surface area contributed by atoms with E-state index in [-0.39, 0.29) is 12.5 Å². The highest BCUT2D eigenvalue weighted by molar-refractivity contribution is 5.91. The highest BCUT2D eigenvalue weighted by atomic mass is 16.2.